The summed E-state index contributed by atoms with van der Waals surface area (Å²) in [7, 11) is 0. The van der Waals surface area contributed by atoms with E-state index in [9.17, 15) is 0 Å². The van der Waals surface area contributed by atoms with Crippen molar-refractivity contribution in [2.75, 3.05) is 0 Å². The third-order valence-electron chi connectivity index (χ3n) is 5.33. The van der Waals surface area contributed by atoms with E-state index in [2.05, 4.69) is 62.4 Å². The minimum absolute atomic E-state index is 0.774. The van der Waals surface area contributed by atoms with Gasteiger partial charge in [0, 0.05) is 0 Å². The summed E-state index contributed by atoms with van der Waals surface area (Å²) in [5.74, 6) is 1.62. The van der Waals surface area contributed by atoms with Gasteiger partial charge in [-0.15, -0.1) is 0 Å². The first kappa shape index (κ1) is 14.8. The van der Waals surface area contributed by atoms with E-state index in [4.69, 9.17) is 0 Å². The molecule has 0 spiro atoms. The first-order valence-corrected chi connectivity index (χ1v) is 9.16. The highest BCUT2D eigenvalue weighted by atomic mass is 14.3. The number of hydrogen-bond acceptors (Lipinski definition) is 0. The van der Waals surface area contributed by atoms with Crippen molar-refractivity contribution in [3.05, 3.63) is 70.8 Å². The second kappa shape index (κ2) is 6.00. The molecule has 23 heavy (non-hydrogen) atoms. The number of aryl methyl sites for hydroxylation is 1. The van der Waals surface area contributed by atoms with Gasteiger partial charge in [0.15, 0.2) is 0 Å². The van der Waals surface area contributed by atoms with Crippen LogP contribution in [0.2, 0.25) is 0 Å². The van der Waals surface area contributed by atoms with E-state index < -0.39 is 0 Å². The summed E-state index contributed by atoms with van der Waals surface area (Å²) < 4.78 is 0. The van der Waals surface area contributed by atoms with Crippen LogP contribution in [0.25, 0.3) is 11.1 Å². The molecule has 4 rings (SSSR count). The third-order valence-corrected chi connectivity index (χ3v) is 5.33. The van der Waals surface area contributed by atoms with Crippen molar-refractivity contribution in [2.24, 2.45) is 5.92 Å². The number of allylic oxidation sites excluding steroid dienone is 2. The predicted octanol–water partition coefficient (Wildman–Crippen LogP) is 6.60. The molecule has 0 amide bonds. The Labute approximate surface area is 140 Å². The van der Waals surface area contributed by atoms with Gasteiger partial charge in [0.1, 0.15) is 0 Å². The molecule has 2 aromatic carbocycles. The Morgan fingerprint density at radius 2 is 1.43 bits per heavy atom. The zero-order valence-electron chi connectivity index (χ0n) is 14.3. The highest BCUT2D eigenvalue weighted by Gasteiger charge is 2.29. The molecule has 0 aliphatic heterocycles. The van der Waals surface area contributed by atoms with Crippen molar-refractivity contribution >= 4 is 11.1 Å². The van der Waals surface area contributed by atoms with Crippen LogP contribution >= 0.6 is 0 Å². The monoisotopic (exact) mass is 302 g/mol. The molecule has 2 saturated carbocycles. The number of benzene rings is 2. The maximum absolute atomic E-state index is 2.36. The second-order valence-corrected chi connectivity index (χ2v) is 7.28. The summed E-state index contributed by atoms with van der Waals surface area (Å²) in [6, 6.07) is 18.6. The van der Waals surface area contributed by atoms with Gasteiger partial charge < -0.3 is 0 Å². The Balaban J connectivity index is 1.76. The zero-order valence-corrected chi connectivity index (χ0v) is 14.3. The summed E-state index contributed by atoms with van der Waals surface area (Å²) >= 11 is 0. The number of rotatable bonds is 5. The highest BCUT2D eigenvalue weighted by Crippen LogP contribution is 2.47. The topological polar surface area (TPSA) is 0 Å². The van der Waals surface area contributed by atoms with Crippen molar-refractivity contribution < 1.29 is 0 Å². The molecule has 2 aromatic rings. The third kappa shape index (κ3) is 3.13. The van der Waals surface area contributed by atoms with E-state index in [-0.39, 0.29) is 0 Å². The average molecular weight is 302 g/mol. The van der Waals surface area contributed by atoms with Gasteiger partial charge in [-0.3, -0.25) is 0 Å². The van der Waals surface area contributed by atoms with Crippen molar-refractivity contribution in [3.8, 4) is 0 Å². The van der Waals surface area contributed by atoms with Gasteiger partial charge in [-0.1, -0.05) is 61.0 Å². The molecule has 0 heteroatoms. The van der Waals surface area contributed by atoms with Crippen LogP contribution in [-0.4, -0.2) is 0 Å². The molecule has 0 atom stereocenters. The molecule has 0 heterocycles. The van der Waals surface area contributed by atoms with Gasteiger partial charge in [-0.2, -0.15) is 0 Å². The summed E-state index contributed by atoms with van der Waals surface area (Å²) in [5, 5.41) is 0. The number of hydrogen-bond donors (Lipinski definition) is 0. The quantitative estimate of drug-likeness (QED) is 0.546. The zero-order chi connectivity index (χ0) is 15.8. The van der Waals surface area contributed by atoms with Gasteiger partial charge in [0.05, 0.1) is 0 Å². The summed E-state index contributed by atoms with van der Waals surface area (Å²) in [6.07, 6.45) is 6.58. The van der Waals surface area contributed by atoms with Crippen LogP contribution in [0.3, 0.4) is 0 Å². The van der Waals surface area contributed by atoms with Crippen molar-refractivity contribution in [3.63, 3.8) is 0 Å². The first-order chi connectivity index (χ1) is 11.3. The minimum atomic E-state index is 0.774. The second-order valence-electron chi connectivity index (χ2n) is 7.28. The molecule has 0 bridgehead atoms. The average Bonchev–Trinajstić information content (AvgIpc) is 3.47. The Kier molecular flexibility index (Phi) is 3.85. The summed E-state index contributed by atoms with van der Waals surface area (Å²) in [6.45, 7) is 4.47. The Bertz CT molecular complexity index is 708. The van der Waals surface area contributed by atoms with E-state index in [0.717, 1.165) is 18.3 Å². The molecule has 0 unspecified atom stereocenters. The standard InChI is InChI=1S/C23H26/c1-3-22(19-12-10-18(11-13-19)17-8-9-17)23(21-14-15-21)20-6-4-16(2)5-7-20/h4-7,10-13,17,21H,3,8-9,14-15H2,1-2H3/b23-22-. The van der Waals surface area contributed by atoms with Crippen LogP contribution in [0.15, 0.2) is 48.5 Å². The maximum atomic E-state index is 2.36. The van der Waals surface area contributed by atoms with Gasteiger partial charge in [-0.05, 0) is 78.7 Å². The van der Waals surface area contributed by atoms with Gasteiger partial charge in [0.2, 0.25) is 0 Å². The molecular weight excluding hydrogens is 276 g/mol. The van der Waals surface area contributed by atoms with Crippen molar-refractivity contribution in [1.29, 1.82) is 0 Å². The molecule has 2 aliphatic carbocycles. The smallest absolute Gasteiger partial charge is 0.0153 e. The fourth-order valence-corrected chi connectivity index (χ4v) is 3.68. The molecule has 0 nitrogen and oxygen atoms in total. The lowest BCUT2D eigenvalue weighted by Gasteiger charge is -2.16. The largest absolute Gasteiger partial charge is 0.0613 e. The normalized spacial score (nSPS) is 18.7. The van der Waals surface area contributed by atoms with E-state index in [0.29, 0.717) is 0 Å². The van der Waals surface area contributed by atoms with Crippen LogP contribution in [-0.2, 0) is 0 Å². The van der Waals surface area contributed by atoms with Crippen LogP contribution in [0.1, 0.15) is 67.2 Å². The molecular formula is C23H26. The molecule has 0 aromatic heterocycles. The highest BCUT2D eigenvalue weighted by molar-refractivity contribution is 5.92. The first-order valence-electron chi connectivity index (χ1n) is 9.16. The maximum Gasteiger partial charge on any atom is -0.0153 e. The summed E-state index contributed by atoms with van der Waals surface area (Å²) in [4.78, 5) is 0. The Morgan fingerprint density at radius 1 is 0.826 bits per heavy atom. The lowest BCUT2D eigenvalue weighted by molar-refractivity contribution is 1.11. The van der Waals surface area contributed by atoms with E-state index in [1.54, 1.807) is 11.1 Å². The summed E-state index contributed by atoms with van der Waals surface area (Å²) in [5.41, 5.74) is 8.90. The SMILES string of the molecule is CC/C(=C(\c1ccc(C)cc1)C1CC1)c1ccc(C2CC2)cc1. The molecule has 2 aliphatic rings. The predicted molar refractivity (Wildman–Crippen MR) is 99.4 cm³/mol. The van der Waals surface area contributed by atoms with E-state index >= 15 is 0 Å². The van der Waals surface area contributed by atoms with Crippen molar-refractivity contribution in [2.45, 2.75) is 51.9 Å². The molecule has 0 radical (unpaired) electrons. The van der Waals surface area contributed by atoms with E-state index in [1.165, 1.54) is 47.9 Å². The van der Waals surface area contributed by atoms with Gasteiger partial charge in [0.25, 0.3) is 0 Å². The fraction of sp³-hybridized carbons (Fsp3) is 0.391. The molecule has 118 valence electrons. The van der Waals surface area contributed by atoms with Crippen LogP contribution in [0.4, 0.5) is 0 Å². The van der Waals surface area contributed by atoms with Crippen LogP contribution < -0.4 is 0 Å². The van der Waals surface area contributed by atoms with Crippen LogP contribution in [0.5, 0.6) is 0 Å². The lowest BCUT2D eigenvalue weighted by atomic mass is 9.89. The Hall–Kier alpha value is -1.82. The lowest BCUT2D eigenvalue weighted by Crippen LogP contribution is -1.95. The van der Waals surface area contributed by atoms with Gasteiger partial charge in [-0.25, -0.2) is 0 Å². The minimum Gasteiger partial charge on any atom is -0.0613 e. The van der Waals surface area contributed by atoms with E-state index in [1.807, 2.05) is 0 Å². The Morgan fingerprint density at radius 3 is 1.96 bits per heavy atom. The molecule has 0 saturated heterocycles. The molecule has 2 fully saturated rings. The van der Waals surface area contributed by atoms with Crippen LogP contribution in [0, 0.1) is 12.8 Å². The van der Waals surface area contributed by atoms with Crippen molar-refractivity contribution in [1.82, 2.24) is 0 Å². The molecule has 0 N–H and O–H groups in total. The van der Waals surface area contributed by atoms with Gasteiger partial charge >= 0.3 is 0 Å². The fourth-order valence-electron chi connectivity index (χ4n) is 3.68.